The van der Waals surface area contributed by atoms with Gasteiger partial charge in [0.1, 0.15) is 11.6 Å². The molecule has 0 radical (unpaired) electrons. The van der Waals surface area contributed by atoms with E-state index >= 15 is 0 Å². The molecule has 0 spiro atoms. The van der Waals surface area contributed by atoms with Crippen LogP contribution in [0.1, 0.15) is 11.1 Å². The van der Waals surface area contributed by atoms with E-state index in [9.17, 15) is 13.2 Å². The SMILES string of the molecule is Cc1ccc(Nc2cccc(N)n2)cc1C(F)(F)F. The Hall–Kier alpha value is -2.24. The van der Waals surface area contributed by atoms with E-state index in [2.05, 4.69) is 10.3 Å². The van der Waals surface area contributed by atoms with Crippen molar-refractivity contribution in [3.05, 3.63) is 47.5 Å². The molecule has 1 heterocycles. The molecule has 0 bridgehead atoms. The fraction of sp³-hybridized carbons (Fsp3) is 0.154. The molecule has 0 amide bonds. The predicted octanol–water partition coefficient (Wildman–Crippen LogP) is 3.73. The molecule has 0 saturated heterocycles. The lowest BCUT2D eigenvalue weighted by molar-refractivity contribution is -0.138. The van der Waals surface area contributed by atoms with Crippen LogP contribution in [0.5, 0.6) is 0 Å². The molecule has 1 aromatic carbocycles. The summed E-state index contributed by atoms with van der Waals surface area (Å²) in [4.78, 5) is 3.97. The van der Waals surface area contributed by atoms with Gasteiger partial charge in [0.15, 0.2) is 0 Å². The number of anilines is 3. The van der Waals surface area contributed by atoms with Gasteiger partial charge in [0, 0.05) is 5.69 Å². The number of nitrogens with one attached hydrogen (secondary N) is 1. The number of rotatable bonds is 2. The van der Waals surface area contributed by atoms with E-state index in [1.165, 1.54) is 13.0 Å². The Balaban J connectivity index is 2.32. The number of nitrogens with zero attached hydrogens (tertiary/aromatic N) is 1. The summed E-state index contributed by atoms with van der Waals surface area (Å²) in [6.07, 6.45) is -4.37. The zero-order chi connectivity index (χ0) is 14.0. The average Bonchev–Trinajstić information content (AvgIpc) is 2.30. The molecule has 3 nitrogen and oxygen atoms in total. The van der Waals surface area contributed by atoms with Crippen LogP contribution in [-0.2, 0) is 6.18 Å². The molecule has 0 fully saturated rings. The average molecular weight is 267 g/mol. The van der Waals surface area contributed by atoms with Crippen LogP contribution in [-0.4, -0.2) is 4.98 Å². The number of aryl methyl sites for hydroxylation is 1. The van der Waals surface area contributed by atoms with Crippen molar-refractivity contribution in [1.29, 1.82) is 0 Å². The van der Waals surface area contributed by atoms with Crippen LogP contribution >= 0.6 is 0 Å². The smallest absolute Gasteiger partial charge is 0.384 e. The maximum Gasteiger partial charge on any atom is 0.416 e. The molecular formula is C13H12F3N3. The third-order valence-corrected chi connectivity index (χ3v) is 2.59. The molecule has 1 aromatic heterocycles. The topological polar surface area (TPSA) is 50.9 Å². The van der Waals surface area contributed by atoms with Crippen LogP contribution in [0, 0.1) is 6.92 Å². The highest BCUT2D eigenvalue weighted by atomic mass is 19.4. The summed E-state index contributed by atoms with van der Waals surface area (Å²) in [6.45, 7) is 1.42. The molecule has 6 heteroatoms. The summed E-state index contributed by atoms with van der Waals surface area (Å²) in [6, 6.07) is 8.93. The van der Waals surface area contributed by atoms with Gasteiger partial charge >= 0.3 is 6.18 Å². The van der Waals surface area contributed by atoms with Crippen molar-refractivity contribution in [2.24, 2.45) is 0 Å². The van der Waals surface area contributed by atoms with Gasteiger partial charge in [0.05, 0.1) is 5.56 Å². The first-order valence-electron chi connectivity index (χ1n) is 5.53. The fourth-order valence-corrected chi connectivity index (χ4v) is 1.67. The molecule has 0 aliphatic heterocycles. The standard InChI is InChI=1S/C13H12F3N3/c1-8-5-6-9(7-10(8)13(14,15)16)18-12-4-2-3-11(17)19-12/h2-7H,1H3,(H3,17,18,19). The van der Waals surface area contributed by atoms with Crippen molar-refractivity contribution in [2.45, 2.75) is 13.1 Å². The van der Waals surface area contributed by atoms with Crippen LogP contribution in [0.4, 0.5) is 30.5 Å². The molecule has 0 unspecified atom stereocenters. The third kappa shape index (κ3) is 3.15. The molecule has 0 atom stereocenters. The first-order valence-corrected chi connectivity index (χ1v) is 5.53. The highest BCUT2D eigenvalue weighted by Gasteiger charge is 2.32. The highest BCUT2D eigenvalue weighted by molar-refractivity contribution is 5.59. The normalized spacial score (nSPS) is 11.4. The van der Waals surface area contributed by atoms with Crippen LogP contribution in [0.15, 0.2) is 36.4 Å². The molecule has 0 aliphatic rings. The van der Waals surface area contributed by atoms with E-state index in [0.29, 0.717) is 17.3 Å². The van der Waals surface area contributed by atoms with E-state index in [-0.39, 0.29) is 5.56 Å². The first-order chi connectivity index (χ1) is 8.86. The molecule has 2 rings (SSSR count). The lowest BCUT2D eigenvalue weighted by atomic mass is 10.1. The van der Waals surface area contributed by atoms with Crippen LogP contribution in [0.25, 0.3) is 0 Å². The fourth-order valence-electron chi connectivity index (χ4n) is 1.67. The maximum absolute atomic E-state index is 12.8. The largest absolute Gasteiger partial charge is 0.416 e. The molecule has 0 saturated carbocycles. The molecular weight excluding hydrogens is 255 g/mol. The molecule has 100 valence electrons. The number of alkyl halides is 3. The molecule has 3 N–H and O–H groups in total. The quantitative estimate of drug-likeness (QED) is 0.871. The van der Waals surface area contributed by atoms with Crippen LogP contribution in [0.3, 0.4) is 0 Å². The molecule has 0 aliphatic carbocycles. The van der Waals surface area contributed by atoms with Crippen molar-refractivity contribution >= 4 is 17.3 Å². The summed E-state index contributed by atoms with van der Waals surface area (Å²) in [5, 5.41) is 2.79. The van der Waals surface area contributed by atoms with Gasteiger partial charge in [-0.15, -0.1) is 0 Å². The second kappa shape index (κ2) is 4.79. The Morgan fingerprint density at radius 1 is 1.16 bits per heavy atom. The van der Waals surface area contributed by atoms with E-state index in [4.69, 9.17) is 5.73 Å². The summed E-state index contributed by atoms with van der Waals surface area (Å²) in [5.41, 5.74) is 5.33. The Morgan fingerprint density at radius 3 is 2.53 bits per heavy atom. The van der Waals surface area contributed by atoms with Gasteiger partial charge in [0.25, 0.3) is 0 Å². The third-order valence-electron chi connectivity index (χ3n) is 2.59. The van der Waals surface area contributed by atoms with Gasteiger partial charge in [-0.25, -0.2) is 4.98 Å². The van der Waals surface area contributed by atoms with Crippen molar-refractivity contribution in [3.63, 3.8) is 0 Å². The Labute approximate surface area is 108 Å². The van der Waals surface area contributed by atoms with E-state index in [1.54, 1.807) is 24.3 Å². The van der Waals surface area contributed by atoms with Gasteiger partial charge in [-0.1, -0.05) is 12.1 Å². The summed E-state index contributed by atoms with van der Waals surface area (Å²) in [5.74, 6) is 0.699. The van der Waals surface area contributed by atoms with E-state index in [0.717, 1.165) is 6.07 Å². The number of benzene rings is 1. The van der Waals surface area contributed by atoms with Crippen molar-refractivity contribution < 1.29 is 13.2 Å². The van der Waals surface area contributed by atoms with Crippen LogP contribution < -0.4 is 11.1 Å². The molecule has 19 heavy (non-hydrogen) atoms. The Morgan fingerprint density at radius 2 is 1.89 bits per heavy atom. The zero-order valence-corrected chi connectivity index (χ0v) is 10.1. The number of nitrogens with two attached hydrogens (primary N) is 1. The minimum absolute atomic E-state index is 0.179. The second-order valence-electron chi connectivity index (χ2n) is 4.10. The van der Waals surface area contributed by atoms with Crippen LogP contribution in [0.2, 0.25) is 0 Å². The van der Waals surface area contributed by atoms with Gasteiger partial charge < -0.3 is 11.1 Å². The van der Waals surface area contributed by atoms with Crippen molar-refractivity contribution in [3.8, 4) is 0 Å². The van der Waals surface area contributed by atoms with Gasteiger partial charge in [-0.2, -0.15) is 13.2 Å². The number of hydrogen-bond acceptors (Lipinski definition) is 3. The Kier molecular flexibility index (Phi) is 3.33. The summed E-state index contributed by atoms with van der Waals surface area (Å²) >= 11 is 0. The minimum Gasteiger partial charge on any atom is -0.384 e. The second-order valence-corrected chi connectivity index (χ2v) is 4.10. The van der Waals surface area contributed by atoms with Crippen molar-refractivity contribution in [1.82, 2.24) is 4.98 Å². The number of halogens is 3. The van der Waals surface area contributed by atoms with E-state index in [1.807, 2.05) is 0 Å². The van der Waals surface area contributed by atoms with Gasteiger partial charge in [-0.05, 0) is 36.8 Å². The Bertz CT molecular complexity index is 594. The maximum atomic E-state index is 12.8. The monoisotopic (exact) mass is 267 g/mol. The number of aromatic nitrogens is 1. The summed E-state index contributed by atoms with van der Waals surface area (Å²) < 4.78 is 38.3. The van der Waals surface area contributed by atoms with E-state index < -0.39 is 11.7 Å². The van der Waals surface area contributed by atoms with Crippen molar-refractivity contribution in [2.75, 3.05) is 11.1 Å². The van der Waals surface area contributed by atoms with Gasteiger partial charge in [0.2, 0.25) is 0 Å². The number of nitrogen functional groups attached to an aromatic ring is 1. The van der Waals surface area contributed by atoms with Gasteiger partial charge in [-0.3, -0.25) is 0 Å². The number of hydrogen-bond donors (Lipinski definition) is 2. The first kappa shape index (κ1) is 13.2. The summed E-state index contributed by atoms with van der Waals surface area (Å²) in [7, 11) is 0. The lowest BCUT2D eigenvalue weighted by Gasteiger charge is -2.13. The minimum atomic E-state index is -4.37. The highest BCUT2D eigenvalue weighted by Crippen LogP contribution is 2.33. The lowest BCUT2D eigenvalue weighted by Crippen LogP contribution is -2.08. The number of pyridine rings is 1. The molecule has 2 aromatic rings. The zero-order valence-electron chi connectivity index (χ0n) is 10.1. The predicted molar refractivity (Wildman–Crippen MR) is 68.1 cm³/mol.